The zero-order valence-electron chi connectivity index (χ0n) is 11.1. The van der Waals surface area contributed by atoms with Gasteiger partial charge < -0.3 is 14.4 Å². The number of imidazole rings is 1. The smallest absolute Gasteiger partial charge is 0.227 e. The van der Waals surface area contributed by atoms with Crippen LogP contribution in [0.1, 0.15) is 22.6 Å². The molecule has 19 heavy (non-hydrogen) atoms. The van der Waals surface area contributed by atoms with Crippen LogP contribution < -0.4 is 0 Å². The Kier molecular flexibility index (Phi) is 3.10. The highest BCUT2D eigenvalue weighted by Crippen LogP contribution is 2.21. The summed E-state index contributed by atoms with van der Waals surface area (Å²) in [5.74, 6) is 0.327. The third-order valence-electron chi connectivity index (χ3n) is 4.09. The average Bonchev–Trinajstić information content (AvgIpc) is 3.03. The van der Waals surface area contributed by atoms with E-state index in [1.807, 2.05) is 16.5 Å². The van der Waals surface area contributed by atoms with Crippen LogP contribution in [0.2, 0.25) is 0 Å². The number of hydrogen-bond acceptors (Lipinski definition) is 4. The molecule has 3 rings (SSSR count). The molecule has 1 aromatic heterocycles. The summed E-state index contributed by atoms with van der Waals surface area (Å²) in [6, 6.07) is 0. The van der Waals surface area contributed by atoms with Crippen LogP contribution in [0.25, 0.3) is 0 Å². The largest absolute Gasteiger partial charge is 0.335 e. The van der Waals surface area contributed by atoms with Gasteiger partial charge in [-0.3, -0.25) is 9.59 Å². The third kappa shape index (κ3) is 2.16. The van der Waals surface area contributed by atoms with Crippen LogP contribution in [0.5, 0.6) is 0 Å². The van der Waals surface area contributed by atoms with Crippen LogP contribution >= 0.6 is 0 Å². The summed E-state index contributed by atoms with van der Waals surface area (Å²) in [4.78, 5) is 31.5. The van der Waals surface area contributed by atoms with Crippen LogP contribution in [0.4, 0.5) is 0 Å². The number of aldehydes is 1. The lowest BCUT2D eigenvalue weighted by Gasteiger charge is -2.30. The maximum absolute atomic E-state index is 12.5. The summed E-state index contributed by atoms with van der Waals surface area (Å²) in [5, 5.41) is 0. The van der Waals surface area contributed by atoms with Gasteiger partial charge in [0, 0.05) is 19.6 Å². The van der Waals surface area contributed by atoms with Gasteiger partial charge in [-0.15, -0.1) is 0 Å². The van der Waals surface area contributed by atoms with E-state index in [-0.39, 0.29) is 11.8 Å². The van der Waals surface area contributed by atoms with E-state index < -0.39 is 0 Å². The van der Waals surface area contributed by atoms with Crippen LogP contribution in [0, 0.1) is 5.92 Å². The Bertz CT molecular complexity index is 511. The van der Waals surface area contributed by atoms with Crippen molar-refractivity contribution in [3.05, 3.63) is 17.7 Å². The van der Waals surface area contributed by atoms with Gasteiger partial charge in [-0.25, -0.2) is 4.98 Å². The summed E-state index contributed by atoms with van der Waals surface area (Å²) in [7, 11) is 2.04. The molecule has 1 atom stereocenters. The lowest BCUT2D eigenvalue weighted by Crippen LogP contribution is -2.42. The van der Waals surface area contributed by atoms with Gasteiger partial charge in [0.05, 0.1) is 24.5 Å². The van der Waals surface area contributed by atoms with Crippen molar-refractivity contribution in [1.29, 1.82) is 0 Å². The van der Waals surface area contributed by atoms with Gasteiger partial charge in [-0.1, -0.05) is 0 Å². The van der Waals surface area contributed by atoms with E-state index in [0.29, 0.717) is 18.8 Å². The lowest BCUT2D eigenvalue weighted by molar-refractivity contribution is -0.136. The quantitative estimate of drug-likeness (QED) is 0.703. The molecule has 0 bridgehead atoms. The maximum atomic E-state index is 12.5. The van der Waals surface area contributed by atoms with Crippen molar-refractivity contribution in [2.75, 3.05) is 26.7 Å². The monoisotopic (exact) mass is 262 g/mol. The minimum Gasteiger partial charge on any atom is -0.335 e. The summed E-state index contributed by atoms with van der Waals surface area (Å²) >= 11 is 0. The first-order valence-corrected chi connectivity index (χ1v) is 6.65. The molecule has 2 aliphatic heterocycles. The molecule has 1 saturated heterocycles. The molecular formula is C13H18N4O2. The molecule has 0 aliphatic carbocycles. The molecule has 1 aromatic rings. The lowest BCUT2D eigenvalue weighted by atomic mass is 10.1. The van der Waals surface area contributed by atoms with Crippen LogP contribution in [0.3, 0.4) is 0 Å². The first kappa shape index (κ1) is 12.3. The van der Waals surface area contributed by atoms with Crippen molar-refractivity contribution < 1.29 is 9.59 Å². The van der Waals surface area contributed by atoms with Gasteiger partial charge in [0.25, 0.3) is 0 Å². The van der Waals surface area contributed by atoms with Crippen molar-refractivity contribution in [2.45, 2.75) is 19.5 Å². The maximum Gasteiger partial charge on any atom is 0.227 e. The molecule has 0 N–H and O–H groups in total. The topological polar surface area (TPSA) is 58.4 Å². The predicted octanol–water partition coefficient (Wildman–Crippen LogP) is -0.0105. The first-order valence-electron chi connectivity index (χ1n) is 6.65. The number of fused-ring (bicyclic) bond motifs is 1. The number of hydrogen-bond donors (Lipinski definition) is 0. The SMILES string of the molecule is CN1CCC(C(=O)N2CCn3cnc(C=O)c3C2)C1. The van der Waals surface area contributed by atoms with Crippen molar-refractivity contribution in [3.8, 4) is 0 Å². The Labute approximate surface area is 112 Å². The van der Waals surface area contributed by atoms with Crippen molar-refractivity contribution in [2.24, 2.45) is 5.92 Å². The van der Waals surface area contributed by atoms with Gasteiger partial charge in [-0.2, -0.15) is 0 Å². The van der Waals surface area contributed by atoms with Gasteiger partial charge >= 0.3 is 0 Å². The van der Waals surface area contributed by atoms with Crippen LogP contribution in [0.15, 0.2) is 6.33 Å². The number of likely N-dealkylation sites (tertiary alicyclic amines) is 1. The van der Waals surface area contributed by atoms with E-state index in [9.17, 15) is 9.59 Å². The molecular weight excluding hydrogens is 244 g/mol. The first-order chi connectivity index (χ1) is 9.19. The van der Waals surface area contributed by atoms with E-state index in [1.54, 1.807) is 6.33 Å². The number of nitrogens with zero attached hydrogens (tertiary/aromatic N) is 4. The highest BCUT2D eigenvalue weighted by atomic mass is 16.2. The molecule has 6 heteroatoms. The fourth-order valence-electron chi connectivity index (χ4n) is 2.96. The fourth-order valence-corrected chi connectivity index (χ4v) is 2.96. The molecule has 1 amide bonds. The predicted molar refractivity (Wildman–Crippen MR) is 68.6 cm³/mol. The Morgan fingerprint density at radius 1 is 1.42 bits per heavy atom. The summed E-state index contributed by atoms with van der Waals surface area (Å²) in [5.41, 5.74) is 1.32. The van der Waals surface area contributed by atoms with E-state index in [4.69, 9.17) is 0 Å². The molecule has 102 valence electrons. The van der Waals surface area contributed by atoms with E-state index in [1.165, 1.54) is 0 Å². The van der Waals surface area contributed by atoms with Crippen molar-refractivity contribution in [1.82, 2.24) is 19.4 Å². The number of carbonyl (C=O) groups is 2. The summed E-state index contributed by atoms with van der Waals surface area (Å²) in [6.07, 6.45) is 3.39. The Morgan fingerprint density at radius 2 is 2.26 bits per heavy atom. The molecule has 1 fully saturated rings. The molecule has 6 nitrogen and oxygen atoms in total. The summed E-state index contributed by atoms with van der Waals surface area (Å²) < 4.78 is 1.97. The molecule has 2 aliphatic rings. The number of aromatic nitrogens is 2. The normalized spacial score (nSPS) is 23.4. The average molecular weight is 262 g/mol. The molecule has 0 saturated carbocycles. The van der Waals surface area contributed by atoms with Crippen molar-refractivity contribution in [3.63, 3.8) is 0 Å². The zero-order valence-corrected chi connectivity index (χ0v) is 11.1. The Hall–Kier alpha value is -1.69. The highest BCUT2D eigenvalue weighted by molar-refractivity contribution is 5.80. The summed E-state index contributed by atoms with van der Waals surface area (Å²) in [6.45, 7) is 3.77. The zero-order chi connectivity index (χ0) is 13.4. The second kappa shape index (κ2) is 4.77. The van der Waals surface area contributed by atoms with E-state index in [2.05, 4.69) is 9.88 Å². The second-order valence-electron chi connectivity index (χ2n) is 5.40. The third-order valence-corrected chi connectivity index (χ3v) is 4.09. The van der Waals surface area contributed by atoms with E-state index in [0.717, 1.165) is 38.0 Å². The van der Waals surface area contributed by atoms with Gasteiger partial charge in [-0.05, 0) is 20.0 Å². The van der Waals surface area contributed by atoms with Gasteiger partial charge in [0.1, 0.15) is 5.69 Å². The molecule has 0 spiro atoms. The van der Waals surface area contributed by atoms with E-state index >= 15 is 0 Å². The highest BCUT2D eigenvalue weighted by Gasteiger charge is 2.32. The minimum absolute atomic E-state index is 0.110. The van der Waals surface area contributed by atoms with Crippen LogP contribution in [-0.2, 0) is 17.9 Å². The Morgan fingerprint density at radius 3 is 2.95 bits per heavy atom. The fraction of sp³-hybridized carbons (Fsp3) is 0.615. The molecule has 1 unspecified atom stereocenters. The molecule has 0 aromatic carbocycles. The molecule has 0 radical (unpaired) electrons. The number of amides is 1. The minimum atomic E-state index is 0.110. The van der Waals surface area contributed by atoms with Crippen molar-refractivity contribution >= 4 is 12.2 Å². The molecule has 3 heterocycles. The van der Waals surface area contributed by atoms with Gasteiger partial charge in [0.15, 0.2) is 6.29 Å². The standard InChI is InChI=1S/C13H18N4O2/c1-15-3-2-10(6-15)13(19)16-4-5-17-9-14-11(8-18)12(17)7-16/h8-10H,2-7H2,1H3. The Balaban J connectivity index is 1.74. The number of carbonyl (C=O) groups excluding carboxylic acids is 2. The van der Waals surface area contributed by atoms with Gasteiger partial charge in [0.2, 0.25) is 5.91 Å². The van der Waals surface area contributed by atoms with Crippen LogP contribution in [-0.4, -0.2) is 58.2 Å². The number of rotatable bonds is 2. The second-order valence-corrected chi connectivity index (χ2v) is 5.40.